The number of nitrogens with zero attached hydrogens (tertiary/aromatic N) is 2. The highest BCUT2D eigenvalue weighted by Gasteiger charge is 2.30. The number of carbonyl (C=O) groups excluding carboxylic acids is 1. The SMILES string of the molecule is Cc1ccc(S(=O)(=O)N2CCN(C(=O)CCc3ccco3)CC2)cc1C. The van der Waals surface area contributed by atoms with Gasteiger partial charge >= 0.3 is 0 Å². The van der Waals surface area contributed by atoms with Gasteiger partial charge in [0.25, 0.3) is 0 Å². The quantitative estimate of drug-likeness (QED) is 0.803. The first-order valence-corrected chi connectivity index (χ1v) is 10.2. The lowest BCUT2D eigenvalue weighted by Crippen LogP contribution is -2.50. The van der Waals surface area contributed by atoms with Crippen molar-refractivity contribution in [1.29, 1.82) is 0 Å². The number of hydrogen-bond donors (Lipinski definition) is 0. The van der Waals surface area contributed by atoms with Crippen molar-refractivity contribution < 1.29 is 17.6 Å². The summed E-state index contributed by atoms with van der Waals surface area (Å²) in [6.07, 6.45) is 2.53. The largest absolute Gasteiger partial charge is 0.469 e. The summed E-state index contributed by atoms with van der Waals surface area (Å²) in [6, 6.07) is 8.85. The van der Waals surface area contributed by atoms with Crippen LogP contribution in [0.25, 0.3) is 0 Å². The number of hydrogen-bond acceptors (Lipinski definition) is 4. The Morgan fingerprint density at radius 1 is 1.08 bits per heavy atom. The topological polar surface area (TPSA) is 70.8 Å². The lowest BCUT2D eigenvalue weighted by atomic mass is 10.1. The smallest absolute Gasteiger partial charge is 0.243 e. The van der Waals surface area contributed by atoms with E-state index in [0.29, 0.717) is 43.9 Å². The number of benzene rings is 1. The summed E-state index contributed by atoms with van der Waals surface area (Å²) >= 11 is 0. The molecule has 2 aromatic rings. The minimum absolute atomic E-state index is 0.0321. The van der Waals surface area contributed by atoms with Crippen LogP contribution in [-0.2, 0) is 21.2 Å². The fraction of sp³-hybridized carbons (Fsp3) is 0.421. The average Bonchev–Trinajstić information content (AvgIpc) is 3.15. The molecule has 1 aliphatic heterocycles. The van der Waals surface area contributed by atoms with Crippen LogP contribution in [0.5, 0.6) is 0 Å². The van der Waals surface area contributed by atoms with Crippen molar-refractivity contribution in [2.45, 2.75) is 31.6 Å². The van der Waals surface area contributed by atoms with E-state index >= 15 is 0 Å². The van der Waals surface area contributed by atoms with Gasteiger partial charge in [-0.2, -0.15) is 4.31 Å². The first kappa shape index (κ1) is 18.7. The molecule has 0 atom stereocenters. The Bertz CT molecular complexity index is 867. The molecule has 1 saturated heterocycles. The molecule has 0 saturated carbocycles. The summed E-state index contributed by atoms with van der Waals surface area (Å²) in [6.45, 7) is 5.34. The minimum atomic E-state index is -3.52. The second-order valence-corrected chi connectivity index (χ2v) is 8.55. The zero-order valence-electron chi connectivity index (χ0n) is 15.1. The van der Waals surface area contributed by atoms with E-state index in [1.54, 1.807) is 29.4 Å². The Kier molecular flexibility index (Phi) is 5.48. The molecule has 1 aromatic heterocycles. The zero-order chi connectivity index (χ0) is 18.7. The van der Waals surface area contributed by atoms with E-state index < -0.39 is 10.0 Å². The molecule has 3 rings (SSSR count). The molecule has 0 radical (unpaired) electrons. The molecule has 1 fully saturated rings. The van der Waals surface area contributed by atoms with Gasteiger partial charge in [-0.15, -0.1) is 0 Å². The van der Waals surface area contributed by atoms with Gasteiger partial charge in [0.2, 0.25) is 15.9 Å². The van der Waals surface area contributed by atoms with Crippen LogP contribution in [0.15, 0.2) is 45.9 Å². The zero-order valence-corrected chi connectivity index (χ0v) is 16.0. The summed E-state index contributed by atoms with van der Waals surface area (Å²) in [5.74, 6) is 0.818. The van der Waals surface area contributed by atoms with Crippen LogP contribution in [0.1, 0.15) is 23.3 Å². The van der Waals surface area contributed by atoms with Crippen LogP contribution in [0.2, 0.25) is 0 Å². The number of aryl methyl sites for hydroxylation is 3. The lowest BCUT2D eigenvalue weighted by molar-refractivity contribution is -0.132. The first-order valence-electron chi connectivity index (χ1n) is 8.75. The van der Waals surface area contributed by atoms with E-state index in [1.165, 1.54) is 4.31 Å². The predicted octanol–water partition coefficient (Wildman–Crippen LogP) is 2.36. The Hall–Kier alpha value is -2.12. The molecule has 26 heavy (non-hydrogen) atoms. The fourth-order valence-electron chi connectivity index (χ4n) is 3.04. The third-order valence-corrected chi connectivity index (χ3v) is 6.77. The van der Waals surface area contributed by atoms with Crippen LogP contribution >= 0.6 is 0 Å². The van der Waals surface area contributed by atoms with Gasteiger partial charge in [-0.1, -0.05) is 6.07 Å². The molecule has 1 amide bonds. The van der Waals surface area contributed by atoms with Crippen LogP contribution in [0, 0.1) is 13.8 Å². The number of piperazine rings is 1. The van der Waals surface area contributed by atoms with Crippen LogP contribution in [0.4, 0.5) is 0 Å². The average molecular weight is 376 g/mol. The Morgan fingerprint density at radius 3 is 2.42 bits per heavy atom. The predicted molar refractivity (Wildman–Crippen MR) is 98.3 cm³/mol. The van der Waals surface area contributed by atoms with E-state index in [9.17, 15) is 13.2 Å². The van der Waals surface area contributed by atoms with Gasteiger partial charge in [-0.05, 0) is 49.2 Å². The number of sulfonamides is 1. The molecule has 1 aromatic carbocycles. The summed E-state index contributed by atoms with van der Waals surface area (Å²) in [5.41, 5.74) is 2.02. The minimum Gasteiger partial charge on any atom is -0.469 e. The molecular weight excluding hydrogens is 352 g/mol. The van der Waals surface area contributed by atoms with Crippen LogP contribution in [0.3, 0.4) is 0 Å². The van der Waals surface area contributed by atoms with Gasteiger partial charge in [0.1, 0.15) is 5.76 Å². The summed E-state index contributed by atoms with van der Waals surface area (Å²) in [7, 11) is -3.52. The molecule has 0 spiro atoms. The monoisotopic (exact) mass is 376 g/mol. The molecule has 0 aliphatic carbocycles. The molecule has 0 bridgehead atoms. The van der Waals surface area contributed by atoms with E-state index in [2.05, 4.69) is 0 Å². The van der Waals surface area contributed by atoms with Crippen LogP contribution < -0.4 is 0 Å². The molecule has 0 N–H and O–H groups in total. The highest BCUT2D eigenvalue weighted by molar-refractivity contribution is 7.89. The maximum absolute atomic E-state index is 12.8. The van der Waals surface area contributed by atoms with Crippen LogP contribution in [-0.4, -0.2) is 49.7 Å². The van der Waals surface area contributed by atoms with Crippen molar-refractivity contribution >= 4 is 15.9 Å². The van der Waals surface area contributed by atoms with Crippen molar-refractivity contribution in [3.8, 4) is 0 Å². The van der Waals surface area contributed by atoms with Gasteiger partial charge in [-0.25, -0.2) is 8.42 Å². The lowest BCUT2D eigenvalue weighted by Gasteiger charge is -2.34. The van der Waals surface area contributed by atoms with Gasteiger partial charge in [0.15, 0.2) is 0 Å². The van der Waals surface area contributed by atoms with Crippen molar-refractivity contribution in [3.63, 3.8) is 0 Å². The van der Waals surface area contributed by atoms with Gasteiger partial charge in [0, 0.05) is 39.0 Å². The van der Waals surface area contributed by atoms with Crippen molar-refractivity contribution in [2.24, 2.45) is 0 Å². The Balaban J connectivity index is 1.58. The third-order valence-electron chi connectivity index (χ3n) is 4.87. The highest BCUT2D eigenvalue weighted by atomic mass is 32.2. The third kappa shape index (κ3) is 3.99. The van der Waals surface area contributed by atoms with Crippen molar-refractivity contribution in [2.75, 3.05) is 26.2 Å². The Labute approximate surface area is 154 Å². The molecule has 140 valence electrons. The first-order chi connectivity index (χ1) is 12.4. The number of amides is 1. The summed E-state index contributed by atoms with van der Waals surface area (Å²) in [5, 5.41) is 0. The van der Waals surface area contributed by atoms with Crippen molar-refractivity contribution in [1.82, 2.24) is 9.21 Å². The Morgan fingerprint density at radius 2 is 1.81 bits per heavy atom. The molecule has 1 aliphatic rings. The summed E-state index contributed by atoms with van der Waals surface area (Å²) < 4.78 is 32.3. The highest BCUT2D eigenvalue weighted by Crippen LogP contribution is 2.20. The van der Waals surface area contributed by atoms with E-state index in [-0.39, 0.29) is 5.91 Å². The fourth-order valence-corrected chi connectivity index (χ4v) is 4.55. The maximum atomic E-state index is 12.8. The number of rotatable bonds is 5. The molecule has 2 heterocycles. The van der Waals surface area contributed by atoms with Crippen molar-refractivity contribution in [3.05, 3.63) is 53.5 Å². The number of carbonyl (C=O) groups is 1. The standard InChI is InChI=1S/C19H24N2O4S/c1-15-5-7-18(14-16(15)2)26(23,24)21-11-9-20(10-12-21)19(22)8-6-17-4-3-13-25-17/h3-5,7,13-14H,6,8-12H2,1-2H3. The number of furan rings is 1. The molecular formula is C19H24N2O4S. The van der Waals surface area contributed by atoms with Gasteiger partial charge < -0.3 is 9.32 Å². The van der Waals surface area contributed by atoms with E-state index in [4.69, 9.17) is 4.42 Å². The molecule has 0 unspecified atom stereocenters. The van der Waals surface area contributed by atoms with E-state index in [1.807, 2.05) is 26.0 Å². The summed E-state index contributed by atoms with van der Waals surface area (Å²) in [4.78, 5) is 14.4. The second-order valence-electron chi connectivity index (χ2n) is 6.61. The van der Waals surface area contributed by atoms with Gasteiger partial charge in [-0.3, -0.25) is 4.79 Å². The van der Waals surface area contributed by atoms with E-state index in [0.717, 1.165) is 16.9 Å². The second kappa shape index (κ2) is 7.63. The normalized spacial score (nSPS) is 16.0. The molecule has 6 nitrogen and oxygen atoms in total. The van der Waals surface area contributed by atoms with Gasteiger partial charge in [0.05, 0.1) is 11.2 Å². The maximum Gasteiger partial charge on any atom is 0.243 e. The molecule has 7 heteroatoms.